The molecule has 0 aliphatic carbocycles. The number of hydrogen-bond donors (Lipinski definition) is 2. The van der Waals surface area contributed by atoms with E-state index in [-0.39, 0.29) is 5.95 Å². The first kappa shape index (κ1) is 20.8. The second-order valence-corrected chi connectivity index (χ2v) is 7.69. The summed E-state index contributed by atoms with van der Waals surface area (Å²) in [6.07, 6.45) is 2.58. The van der Waals surface area contributed by atoms with Crippen LogP contribution in [-0.4, -0.2) is 30.0 Å². The van der Waals surface area contributed by atoms with Crippen molar-refractivity contribution in [3.63, 3.8) is 0 Å². The molecule has 3 heterocycles. The van der Waals surface area contributed by atoms with Gasteiger partial charge in [-0.2, -0.15) is 13.2 Å². The van der Waals surface area contributed by atoms with Crippen LogP contribution in [0.25, 0.3) is 10.4 Å². The minimum Gasteiger partial charge on any atom is -0.376 e. The summed E-state index contributed by atoms with van der Waals surface area (Å²) in [6.45, 7) is 1.59. The van der Waals surface area contributed by atoms with Crippen molar-refractivity contribution >= 4 is 23.0 Å². The van der Waals surface area contributed by atoms with Crippen LogP contribution >= 0.6 is 11.3 Å². The third-order valence-electron chi connectivity index (χ3n) is 4.33. The number of alkyl halides is 3. The minimum atomic E-state index is -4.56. The molecule has 7 nitrogen and oxygen atoms in total. The Morgan fingerprint density at radius 3 is 2.55 bits per heavy atom. The average Bonchev–Trinajstić information content (AvgIpc) is 3.26. The van der Waals surface area contributed by atoms with E-state index in [0.29, 0.717) is 16.4 Å². The molecule has 0 amide bonds. The maximum Gasteiger partial charge on any atom is 0.433 e. The van der Waals surface area contributed by atoms with Gasteiger partial charge in [0, 0.05) is 30.5 Å². The van der Waals surface area contributed by atoms with Gasteiger partial charge >= 0.3 is 6.18 Å². The SMILES string of the molecule is CC(O)(c1cnccn1)c1ncc(-c2cccc(Nc3nccc(C(F)(F)F)n3)c2)s1. The number of thiazole rings is 1. The maximum absolute atomic E-state index is 12.9. The van der Waals surface area contributed by atoms with Gasteiger partial charge in [0.1, 0.15) is 10.7 Å². The highest BCUT2D eigenvalue weighted by atomic mass is 32.1. The predicted molar refractivity (Wildman–Crippen MR) is 109 cm³/mol. The summed E-state index contributed by atoms with van der Waals surface area (Å²) in [4.78, 5) is 20.6. The van der Waals surface area contributed by atoms with Crippen LogP contribution in [0.15, 0.2) is 61.3 Å². The summed E-state index contributed by atoms with van der Waals surface area (Å²) in [5, 5.41) is 14.1. The molecule has 158 valence electrons. The normalized spacial score (nSPS) is 13.6. The number of anilines is 2. The molecule has 0 radical (unpaired) electrons. The summed E-state index contributed by atoms with van der Waals surface area (Å²) in [6, 6.07) is 7.80. The van der Waals surface area contributed by atoms with Crippen molar-refractivity contribution in [2.75, 3.05) is 5.32 Å². The van der Waals surface area contributed by atoms with Gasteiger partial charge in [0.25, 0.3) is 0 Å². The van der Waals surface area contributed by atoms with Crippen LogP contribution in [0.5, 0.6) is 0 Å². The molecule has 3 aromatic heterocycles. The Morgan fingerprint density at radius 2 is 1.81 bits per heavy atom. The number of nitrogens with zero attached hydrogens (tertiary/aromatic N) is 5. The standard InChI is InChI=1S/C20H15F3N6OS/c1-19(30,16-11-24-7-8-25-16)17-27-10-14(31-17)12-3-2-4-13(9-12)28-18-26-6-5-15(29-18)20(21,22)23/h2-11,30H,1H3,(H,26,28,29). The van der Waals surface area contributed by atoms with Gasteiger partial charge in [0.15, 0.2) is 5.60 Å². The van der Waals surface area contributed by atoms with Crippen molar-refractivity contribution in [1.82, 2.24) is 24.9 Å². The van der Waals surface area contributed by atoms with Gasteiger partial charge in [-0.15, -0.1) is 11.3 Å². The van der Waals surface area contributed by atoms with Gasteiger partial charge in [-0.1, -0.05) is 12.1 Å². The summed E-state index contributed by atoms with van der Waals surface area (Å²) in [5.41, 5.74) is -0.811. The molecule has 2 N–H and O–H groups in total. The molecule has 0 fully saturated rings. The maximum atomic E-state index is 12.9. The smallest absolute Gasteiger partial charge is 0.376 e. The number of aliphatic hydroxyl groups is 1. The Kier molecular flexibility index (Phi) is 5.38. The Hall–Kier alpha value is -3.44. The fraction of sp³-hybridized carbons (Fsp3) is 0.150. The van der Waals surface area contributed by atoms with E-state index in [9.17, 15) is 18.3 Å². The first-order valence-electron chi connectivity index (χ1n) is 8.96. The van der Waals surface area contributed by atoms with Crippen molar-refractivity contribution in [2.45, 2.75) is 18.7 Å². The molecule has 0 bridgehead atoms. The summed E-state index contributed by atoms with van der Waals surface area (Å²) < 4.78 is 38.6. The van der Waals surface area contributed by atoms with E-state index in [2.05, 4.69) is 30.2 Å². The Morgan fingerprint density at radius 1 is 0.968 bits per heavy atom. The molecule has 1 atom stereocenters. The lowest BCUT2D eigenvalue weighted by Crippen LogP contribution is -2.24. The van der Waals surface area contributed by atoms with Crippen molar-refractivity contribution in [3.05, 3.63) is 77.7 Å². The molecule has 4 rings (SSSR count). The molecule has 1 unspecified atom stereocenters. The molecule has 31 heavy (non-hydrogen) atoms. The van der Waals surface area contributed by atoms with E-state index in [1.54, 1.807) is 31.3 Å². The molecule has 0 saturated carbocycles. The molecule has 0 spiro atoms. The first-order chi connectivity index (χ1) is 14.7. The fourth-order valence-electron chi connectivity index (χ4n) is 2.75. The van der Waals surface area contributed by atoms with E-state index < -0.39 is 17.5 Å². The monoisotopic (exact) mass is 444 g/mol. The van der Waals surface area contributed by atoms with Crippen LogP contribution in [0, 0.1) is 0 Å². The van der Waals surface area contributed by atoms with Crippen LogP contribution in [0.2, 0.25) is 0 Å². The summed E-state index contributed by atoms with van der Waals surface area (Å²) >= 11 is 1.27. The van der Waals surface area contributed by atoms with Gasteiger partial charge in [0.05, 0.1) is 16.8 Å². The van der Waals surface area contributed by atoms with Gasteiger partial charge in [-0.3, -0.25) is 9.97 Å². The Bertz CT molecular complexity index is 1200. The van der Waals surface area contributed by atoms with Crippen LogP contribution in [-0.2, 0) is 11.8 Å². The highest BCUT2D eigenvalue weighted by Gasteiger charge is 2.33. The lowest BCUT2D eigenvalue weighted by atomic mass is 10.0. The molecule has 1 aromatic carbocycles. The number of aromatic nitrogens is 5. The number of halogens is 3. The zero-order valence-corrected chi connectivity index (χ0v) is 16.8. The zero-order chi connectivity index (χ0) is 22.1. The fourth-order valence-corrected chi connectivity index (χ4v) is 3.72. The second kappa shape index (κ2) is 8.00. The largest absolute Gasteiger partial charge is 0.433 e. The Balaban J connectivity index is 1.59. The van der Waals surface area contributed by atoms with Gasteiger partial charge in [-0.05, 0) is 30.7 Å². The van der Waals surface area contributed by atoms with E-state index in [4.69, 9.17) is 0 Å². The molecule has 0 aliphatic rings. The predicted octanol–water partition coefficient (Wildman–Crippen LogP) is 4.41. The van der Waals surface area contributed by atoms with E-state index in [0.717, 1.165) is 22.7 Å². The van der Waals surface area contributed by atoms with Gasteiger partial charge < -0.3 is 10.4 Å². The average molecular weight is 444 g/mol. The number of nitrogens with one attached hydrogen (secondary N) is 1. The molecule has 11 heteroatoms. The lowest BCUT2D eigenvalue weighted by Gasteiger charge is -2.19. The lowest BCUT2D eigenvalue weighted by molar-refractivity contribution is -0.141. The number of rotatable bonds is 5. The highest BCUT2D eigenvalue weighted by molar-refractivity contribution is 7.15. The molecular weight excluding hydrogens is 429 g/mol. The van der Waals surface area contributed by atoms with Crippen LogP contribution in [0.4, 0.5) is 24.8 Å². The van der Waals surface area contributed by atoms with Crippen LogP contribution in [0.1, 0.15) is 23.3 Å². The quantitative estimate of drug-likeness (QED) is 0.471. The molecule has 0 aliphatic heterocycles. The summed E-state index contributed by atoms with van der Waals surface area (Å²) in [5.74, 6) is -0.164. The molecule has 4 aromatic rings. The zero-order valence-electron chi connectivity index (χ0n) is 16.0. The van der Waals surface area contributed by atoms with Crippen molar-refractivity contribution in [1.29, 1.82) is 0 Å². The second-order valence-electron chi connectivity index (χ2n) is 6.66. The van der Waals surface area contributed by atoms with E-state index in [1.807, 2.05) is 6.07 Å². The number of hydrogen-bond acceptors (Lipinski definition) is 8. The van der Waals surface area contributed by atoms with E-state index >= 15 is 0 Å². The highest BCUT2D eigenvalue weighted by Crippen LogP contribution is 2.36. The van der Waals surface area contributed by atoms with Crippen molar-refractivity contribution in [2.24, 2.45) is 0 Å². The third-order valence-corrected chi connectivity index (χ3v) is 5.59. The van der Waals surface area contributed by atoms with Crippen LogP contribution < -0.4 is 5.32 Å². The Labute approximate surface area is 178 Å². The van der Waals surface area contributed by atoms with Crippen molar-refractivity contribution in [3.8, 4) is 10.4 Å². The third kappa shape index (κ3) is 4.52. The van der Waals surface area contributed by atoms with Gasteiger partial charge in [-0.25, -0.2) is 15.0 Å². The first-order valence-corrected chi connectivity index (χ1v) is 9.78. The minimum absolute atomic E-state index is 0.164. The van der Waals surface area contributed by atoms with Crippen molar-refractivity contribution < 1.29 is 18.3 Å². The summed E-state index contributed by atoms with van der Waals surface area (Å²) in [7, 11) is 0. The topological polar surface area (TPSA) is 96.7 Å². The van der Waals surface area contributed by atoms with Gasteiger partial charge in [0.2, 0.25) is 5.95 Å². The van der Waals surface area contributed by atoms with Crippen LogP contribution in [0.3, 0.4) is 0 Å². The van der Waals surface area contributed by atoms with E-state index in [1.165, 1.54) is 29.9 Å². The molecular formula is C20H15F3N6OS. The number of benzene rings is 1. The molecule has 0 saturated heterocycles.